The van der Waals surface area contributed by atoms with Gasteiger partial charge in [-0.25, -0.2) is 8.78 Å². The molecule has 0 N–H and O–H groups in total. The van der Waals surface area contributed by atoms with Gasteiger partial charge in [0, 0.05) is 26.6 Å². The second-order valence-corrected chi connectivity index (χ2v) is 4.86. The minimum atomic E-state index is -0.840. The summed E-state index contributed by atoms with van der Waals surface area (Å²) >= 11 is 0. The van der Waals surface area contributed by atoms with E-state index in [-0.39, 0.29) is 11.8 Å². The topological polar surface area (TPSA) is 29.5 Å². The molecule has 1 aromatic rings. The molecule has 0 aliphatic carbocycles. The van der Waals surface area contributed by atoms with E-state index in [1.807, 2.05) is 0 Å². The number of hydrogen-bond acceptors (Lipinski definition) is 2. The molecule has 1 aliphatic heterocycles. The van der Waals surface area contributed by atoms with Crippen molar-refractivity contribution in [2.24, 2.45) is 5.92 Å². The van der Waals surface area contributed by atoms with Crippen LogP contribution in [0.15, 0.2) is 18.2 Å². The van der Waals surface area contributed by atoms with Gasteiger partial charge < -0.3 is 9.64 Å². The molecule has 0 unspecified atom stereocenters. The molecule has 2 rings (SSSR count). The van der Waals surface area contributed by atoms with Crippen LogP contribution in [0.3, 0.4) is 0 Å². The van der Waals surface area contributed by atoms with E-state index in [1.165, 1.54) is 6.07 Å². The average molecular weight is 269 g/mol. The smallest absolute Gasteiger partial charge is 0.223 e. The Balaban J connectivity index is 1.93. The highest BCUT2D eigenvalue weighted by Gasteiger charge is 2.29. The molecular formula is C14H17F2NO2. The van der Waals surface area contributed by atoms with Crippen LogP contribution in [0.1, 0.15) is 12.0 Å². The number of halogens is 2. The highest BCUT2D eigenvalue weighted by atomic mass is 19.2. The van der Waals surface area contributed by atoms with Gasteiger partial charge in [0.15, 0.2) is 11.6 Å². The summed E-state index contributed by atoms with van der Waals surface area (Å²) in [6.45, 7) is 1.76. The maximum absolute atomic E-state index is 13.1. The van der Waals surface area contributed by atoms with Crippen LogP contribution in [-0.4, -0.2) is 37.6 Å². The first-order valence-electron chi connectivity index (χ1n) is 6.30. The van der Waals surface area contributed by atoms with Gasteiger partial charge in [0.1, 0.15) is 0 Å². The first kappa shape index (κ1) is 13.9. The Morgan fingerprint density at radius 3 is 2.84 bits per heavy atom. The maximum Gasteiger partial charge on any atom is 0.223 e. The summed E-state index contributed by atoms with van der Waals surface area (Å²) in [5.41, 5.74) is 0.727. The Labute approximate surface area is 111 Å². The van der Waals surface area contributed by atoms with Gasteiger partial charge in [-0.15, -0.1) is 0 Å². The predicted molar refractivity (Wildman–Crippen MR) is 66.6 cm³/mol. The summed E-state index contributed by atoms with van der Waals surface area (Å²) in [7, 11) is 1.60. The van der Waals surface area contributed by atoms with E-state index < -0.39 is 11.6 Å². The third-order valence-corrected chi connectivity index (χ3v) is 3.37. The Bertz CT molecular complexity index is 465. The quantitative estimate of drug-likeness (QED) is 0.818. The van der Waals surface area contributed by atoms with Gasteiger partial charge in [-0.05, 0) is 30.0 Å². The number of carbonyl (C=O) groups is 1. The number of likely N-dealkylation sites (tertiary alicyclic amines) is 1. The first-order chi connectivity index (χ1) is 9.10. The number of ether oxygens (including phenoxy) is 1. The first-order valence-corrected chi connectivity index (χ1v) is 6.30. The molecule has 0 saturated carbocycles. The summed E-state index contributed by atoms with van der Waals surface area (Å²) in [6, 6.07) is 3.91. The zero-order valence-electron chi connectivity index (χ0n) is 10.9. The minimum Gasteiger partial charge on any atom is -0.383 e. The second kappa shape index (κ2) is 6.10. The number of carbonyl (C=O) groups excluding carboxylic acids is 1. The van der Waals surface area contributed by atoms with Gasteiger partial charge >= 0.3 is 0 Å². The Hall–Kier alpha value is -1.49. The summed E-state index contributed by atoms with van der Waals surface area (Å²) < 4.78 is 30.9. The van der Waals surface area contributed by atoms with Crippen molar-refractivity contribution in [3.63, 3.8) is 0 Å². The number of rotatable bonds is 5. The Morgan fingerprint density at radius 1 is 1.37 bits per heavy atom. The molecule has 1 amide bonds. The fourth-order valence-corrected chi connectivity index (χ4v) is 2.41. The fourth-order valence-electron chi connectivity index (χ4n) is 2.41. The van der Waals surface area contributed by atoms with Gasteiger partial charge in [-0.2, -0.15) is 0 Å². The van der Waals surface area contributed by atoms with Gasteiger partial charge in [0.2, 0.25) is 5.91 Å². The highest BCUT2D eigenvalue weighted by Crippen LogP contribution is 2.22. The van der Waals surface area contributed by atoms with Gasteiger partial charge in [-0.3, -0.25) is 4.79 Å². The zero-order valence-corrected chi connectivity index (χ0v) is 10.9. The van der Waals surface area contributed by atoms with Gasteiger partial charge in [0.25, 0.3) is 0 Å². The summed E-state index contributed by atoms with van der Waals surface area (Å²) in [5, 5.41) is 0. The van der Waals surface area contributed by atoms with Gasteiger partial charge in [0.05, 0.1) is 6.61 Å². The van der Waals surface area contributed by atoms with Crippen molar-refractivity contribution in [2.75, 3.05) is 26.8 Å². The van der Waals surface area contributed by atoms with Crippen molar-refractivity contribution < 1.29 is 18.3 Å². The van der Waals surface area contributed by atoms with Crippen LogP contribution < -0.4 is 0 Å². The third-order valence-electron chi connectivity index (χ3n) is 3.37. The largest absolute Gasteiger partial charge is 0.383 e. The summed E-state index contributed by atoms with van der Waals surface area (Å²) in [6.07, 6.45) is 1.05. The standard InChI is InChI=1S/C14H17F2NO2/c1-19-5-4-17-9-11(8-14(17)18)6-10-2-3-12(15)13(16)7-10/h2-3,7,11H,4-6,8-9H2,1H3/t11-/m0/s1. The molecule has 1 fully saturated rings. The number of benzene rings is 1. The normalized spacial score (nSPS) is 19.2. The third kappa shape index (κ3) is 3.50. The molecule has 1 aliphatic rings. The maximum atomic E-state index is 13.1. The van der Waals surface area contributed by atoms with Crippen LogP contribution >= 0.6 is 0 Å². The average Bonchev–Trinajstić information content (AvgIpc) is 2.72. The monoisotopic (exact) mass is 269 g/mol. The summed E-state index contributed by atoms with van der Waals surface area (Å²) in [4.78, 5) is 13.5. The van der Waals surface area contributed by atoms with E-state index in [1.54, 1.807) is 18.1 Å². The summed E-state index contributed by atoms with van der Waals surface area (Å²) in [5.74, 6) is -1.41. The molecule has 1 atom stereocenters. The molecule has 104 valence electrons. The zero-order chi connectivity index (χ0) is 13.8. The lowest BCUT2D eigenvalue weighted by Crippen LogP contribution is -2.28. The van der Waals surface area contributed by atoms with Crippen LogP contribution in [0.25, 0.3) is 0 Å². The van der Waals surface area contributed by atoms with E-state index in [0.29, 0.717) is 32.5 Å². The number of amides is 1. The van der Waals surface area contributed by atoms with Crippen molar-refractivity contribution >= 4 is 5.91 Å². The molecule has 19 heavy (non-hydrogen) atoms. The minimum absolute atomic E-state index is 0.102. The van der Waals surface area contributed by atoms with Crippen LogP contribution in [0.2, 0.25) is 0 Å². The number of hydrogen-bond donors (Lipinski definition) is 0. The van der Waals surface area contributed by atoms with Crippen LogP contribution in [0, 0.1) is 17.6 Å². The van der Waals surface area contributed by atoms with Crippen molar-refractivity contribution in [1.29, 1.82) is 0 Å². The lowest BCUT2D eigenvalue weighted by Gasteiger charge is -2.15. The molecule has 1 aromatic carbocycles. The predicted octanol–water partition coefficient (Wildman–Crippen LogP) is 2.00. The molecule has 0 radical (unpaired) electrons. The molecule has 5 heteroatoms. The van der Waals surface area contributed by atoms with Crippen molar-refractivity contribution in [2.45, 2.75) is 12.8 Å². The lowest BCUT2D eigenvalue weighted by molar-refractivity contribution is -0.128. The van der Waals surface area contributed by atoms with Crippen LogP contribution in [0.4, 0.5) is 8.78 Å². The molecule has 0 aromatic heterocycles. The number of nitrogens with zero attached hydrogens (tertiary/aromatic N) is 1. The molecule has 1 saturated heterocycles. The van der Waals surface area contributed by atoms with Crippen molar-refractivity contribution in [1.82, 2.24) is 4.90 Å². The Kier molecular flexibility index (Phi) is 4.47. The lowest BCUT2D eigenvalue weighted by atomic mass is 9.98. The van der Waals surface area contributed by atoms with Crippen molar-refractivity contribution in [3.8, 4) is 0 Å². The van der Waals surface area contributed by atoms with Gasteiger partial charge in [-0.1, -0.05) is 6.07 Å². The fraction of sp³-hybridized carbons (Fsp3) is 0.500. The SMILES string of the molecule is COCCN1C[C@@H](Cc2ccc(F)c(F)c2)CC1=O. The van der Waals surface area contributed by atoms with Crippen molar-refractivity contribution in [3.05, 3.63) is 35.4 Å². The van der Waals surface area contributed by atoms with E-state index in [2.05, 4.69) is 0 Å². The molecule has 1 heterocycles. The van der Waals surface area contributed by atoms with Crippen LogP contribution in [-0.2, 0) is 16.0 Å². The molecular weight excluding hydrogens is 252 g/mol. The van der Waals surface area contributed by atoms with E-state index in [9.17, 15) is 13.6 Å². The molecule has 0 bridgehead atoms. The molecule has 0 spiro atoms. The van der Waals surface area contributed by atoms with Crippen LogP contribution in [0.5, 0.6) is 0 Å². The second-order valence-electron chi connectivity index (χ2n) is 4.86. The number of methoxy groups -OCH3 is 1. The van der Waals surface area contributed by atoms with E-state index in [4.69, 9.17) is 4.74 Å². The highest BCUT2D eigenvalue weighted by molar-refractivity contribution is 5.78. The Morgan fingerprint density at radius 2 is 2.16 bits per heavy atom. The molecule has 3 nitrogen and oxygen atoms in total. The van der Waals surface area contributed by atoms with E-state index in [0.717, 1.165) is 11.6 Å². The van der Waals surface area contributed by atoms with E-state index >= 15 is 0 Å².